The van der Waals surface area contributed by atoms with Crippen molar-refractivity contribution in [2.24, 2.45) is 4.99 Å². The van der Waals surface area contributed by atoms with E-state index in [-0.39, 0.29) is 17.3 Å². The van der Waals surface area contributed by atoms with Crippen molar-refractivity contribution in [3.63, 3.8) is 0 Å². The van der Waals surface area contributed by atoms with Crippen LogP contribution in [0, 0.1) is 11.3 Å². The van der Waals surface area contributed by atoms with E-state index in [0.29, 0.717) is 16.7 Å². The smallest absolute Gasteiger partial charge is 0.387 e. The molecule has 1 aliphatic heterocycles. The number of hydrogen-bond donors (Lipinski definition) is 0. The number of carbonyl (C=O) groups excluding carboxylic acids is 1. The maximum absolute atomic E-state index is 12.3. The molecular weight excluding hydrogens is 330 g/mol. The Kier molecular flexibility index (Phi) is 4.53. The van der Waals surface area contributed by atoms with Gasteiger partial charge in [-0.2, -0.15) is 14.0 Å². The molecule has 0 bridgehead atoms. The van der Waals surface area contributed by atoms with Gasteiger partial charge in [-0.15, -0.1) is 0 Å². The summed E-state index contributed by atoms with van der Waals surface area (Å²) < 4.78 is 34.0. The van der Waals surface area contributed by atoms with Gasteiger partial charge in [0, 0.05) is 5.56 Å². The molecule has 0 spiro atoms. The molecule has 2 aromatic carbocycles. The van der Waals surface area contributed by atoms with Crippen LogP contribution in [0.2, 0.25) is 0 Å². The minimum atomic E-state index is -2.95. The normalized spacial score (nSPS) is 15.0. The molecule has 5 nitrogen and oxygen atoms in total. The number of halogens is 2. The fraction of sp³-hybridized carbons (Fsp3) is 0.0556. The molecule has 0 aliphatic carbocycles. The van der Waals surface area contributed by atoms with Crippen molar-refractivity contribution in [1.82, 2.24) is 0 Å². The van der Waals surface area contributed by atoms with E-state index in [1.165, 1.54) is 24.3 Å². The second-order valence-corrected chi connectivity index (χ2v) is 4.98. The zero-order chi connectivity index (χ0) is 17.8. The van der Waals surface area contributed by atoms with E-state index in [1.54, 1.807) is 30.3 Å². The molecule has 0 aromatic heterocycles. The lowest BCUT2D eigenvalue weighted by Crippen LogP contribution is -2.07. The summed E-state index contributed by atoms with van der Waals surface area (Å²) in [5, 5.41) is 8.77. The van der Waals surface area contributed by atoms with Crippen molar-refractivity contribution in [2.75, 3.05) is 0 Å². The van der Waals surface area contributed by atoms with Crippen LogP contribution < -0.4 is 4.74 Å². The Labute approximate surface area is 141 Å². The Morgan fingerprint density at radius 3 is 2.64 bits per heavy atom. The molecule has 1 heterocycles. The maximum Gasteiger partial charge on any atom is 0.387 e. The van der Waals surface area contributed by atoms with Gasteiger partial charge in [-0.25, -0.2) is 9.79 Å². The standard InChI is InChI=1S/C18H10F2N2O3/c19-18(20)24-14-3-1-2-13(9-14)16-22-15(17(23)25-16)8-11-4-6-12(10-21)7-5-11/h1-9,18H/b15-8-. The minimum absolute atomic E-state index is 0.00427. The molecule has 25 heavy (non-hydrogen) atoms. The van der Waals surface area contributed by atoms with Gasteiger partial charge < -0.3 is 9.47 Å². The van der Waals surface area contributed by atoms with Gasteiger partial charge in [0.15, 0.2) is 5.70 Å². The first kappa shape index (κ1) is 16.3. The van der Waals surface area contributed by atoms with E-state index in [9.17, 15) is 13.6 Å². The van der Waals surface area contributed by atoms with Crippen LogP contribution in [0.1, 0.15) is 16.7 Å². The molecule has 0 atom stereocenters. The van der Waals surface area contributed by atoms with Gasteiger partial charge in [0.2, 0.25) is 5.90 Å². The molecular formula is C18H10F2N2O3. The summed E-state index contributed by atoms with van der Waals surface area (Å²) in [6, 6.07) is 14.3. The highest BCUT2D eigenvalue weighted by Gasteiger charge is 2.24. The minimum Gasteiger partial charge on any atom is -0.435 e. The summed E-state index contributed by atoms with van der Waals surface area (Å²) in [7, 11) is 0. The Balaban J connectivity index is 1.87. The highest BCUT2D eigenvalue weighted by Crippen LogP contribution is 2.22. The lowest BCUT2D eigenvalue weighted by molar-refractivity contribution is -0.129. The Morgan fingerprint density at radius 1 is 1.20 bits per heavy atom. The van der Waals surface area contributed by atoms with Crippen LogP contribution in [0.5, 0.6) is 5.75 Å². The molecule has 0 amide bonds. The first-order valence-electron chi connectivity index (χ1n) is 7.13. The summed E-state index contributed by atoms with van der Waals surface area (Å²) in [6.45, 7) is -2.95. The average molecular weight is 340 g/mol. The molecule has 0 unspecified atom stereocenters. The summed E-state index contributed by atoms with van der Waals surface area (Å²) in [4.78, 5) is 16.0. The van der Waals surface area contributed by atoms with E-state index in [0.717, 1.165) is 0 Å². The predicted molar refractivity (Wildman–Crippen MR) is 84.8 cm³/mol. The average Bonchev–Trinajstić information content (AvgIpc) is 2.96. The zero-order valence-electron chi connectivity index (χ0n) is 12.6. The number of rotatable bonds is 4. The molecule has 0 saturated heterocycles. The molecule has 0 N–H and O–H groups in total. The number of nitriles is 1. The maximum atomic E-state index is 12.3. The first-order chi connectivity index (χ1) is 12.0. The van der Waals surface area contributed by atoms with Crippen LogP contribution in [0.25, 0.3) is 6.08 Å². The molecule has 124 valence electrons. The zero-order valence-corrected chi connectivity index (χ0v) is 12.6. The number of esters is 1. The van der Waals surface area contributed by atoms with E-state index in [4.69, 9.17) is 10.00 Å². The second kappa shape index (κ2) is 6.93. The molecule has 3 rings (SSSR count). The number of benzene rings is 2. The quantitative estimate of drug-likeness (QED) is 0.631. The van der Waals surface area contributed by atoms with Crippen LogP contribution >= 0.6 is 0 Å². The van der Waals surface area contributed by atoms with Gasteiger partial charge in [-0.3, -0.25) is 0 Å². The molecule has 0 fully saturated rings. The molecule has 0 saturated carbocycles. The number of carbonyl (C=O) groups is 1. The number of ether oxygens (including phenoxy) is 2. The fourth-order valence-corrected chi connectivity index (χ4v) is 2.15. The number of cyclic esters (lactones) is 1. The highest BCUT2D eigenvalue weighted by atomic mass is 19.3. The van der Waals surface area contributed by atoms with Crippen LogP contribution in [0.4, 0.5) is 8.78 Å². The van der Waals surface area contributed by atoms with Crippen LogP contribution in [-0.4, -0.2) is 18.5 Å². The van der Waals surface area contributed by atoms with Crippen molar-refractivity contribution in [1.29, 1.82) is 5.26 Å². The van der Waals surface area contributed by atoms with Crippen LogP contribution in [0.15, 0.2) is 59.2 Å². The van der Waals surface area contributed by atoms with Crippen molar-refractivity contribution in [3.8, 4) is 11.8 Å². The topological polar surface area (TPSA) is 71.7 Å². The third-order valence-electron chi connectivity index (χ3n) is 3.27. The molecule has 7 heteroatoms. The van der Waals surface area contributed by atoms with Crippen molar-refractivity contribution in [2.45, 2.75) is 6.61 Å². The van der Waals surface area contributed by atoms with Gasteiger partial charge in [-0.05, 0) is 42.0 Å². The lowest BCUT2D eigenvalue weighted by Gasteiger charge is -2.05. The van der Waals surface area contributed by atoms with Gasteiger partial charge in [-0.1, -0.05) is 18.2 Å². The molecule has 1 aliphatic rings. The summed E-state index contributed by atoms with van der Waals surface area (Å²) in [5.41, 5.74) is 1.58. The molecule has 2 aromatic rings. The van der Waals surface area contributed by atoms with E-state index >= 15 is 0 Å². The monoisotopic (exact) mass is 340 g/mol. The third kappa shape index (κ3) is 3.87. The van der Waals surface area contributed by atoms with E-state index in [2.05, 4.69) is 9.73 Å². The second-order valence-electron chi connectivity index (χ2n) is 4.98. The summed E-state index contributed by atoms with van der Waals surface area (Å²) in [6.07, 6.45) is 1.51. The van der Waals surface area contributed by atoms with Crippen LogP contribution in [0.3, 0.4) is 0 Å². The van der Waals surface area contributed by atoms with Crippen LogP contribution in [-0.2, 0) is 9.53 Å². The molecule has 0 radical (unpaired) electrons. The number of hydrogen-bond acceptors (Lipinski definition) is 5. The summed E-state index contributed by atoms with van der Waals surface area (Å²) >= 11 is 0. The SMILES string of the molecule is N#Cc1ccc(/C=C2\N=C(c3cccc(OC(F)F)c3)OC2=O)cc1. The predicted octanol–water partition coefficient (Wildman–Crippen LogP) is 3.50. The van der Waals surface area contributed by atoms with Crippen molar-refractivity contribution < 1.29 is 23.0 Å². The van der Waals surface area contributed by atoms with Crippen molar-refractivity contribution >= 4 is 17.9 Å². The third-order valence-corrected chi connectivity index (χ3v) is 3.27. The largest absolute Gasteiger partial charge is 0.435 e. The fourth-order valence-electron chi connectivity index (χ4n) is 2.15. The van der Waals surface area contributed by atoms with Gasteiger partial charge in [0.1, 0.15) is 5.75 Å². The lowest BCUT2D eigenvalue weighted by atomic mass is 10.1. The Bertz CT molecular complexity index is 913. The first-order valence-corrected chi connectivity index (χ1v) is 7.13. The van der Waals surface area contributed by atoms with Crippen molar-refractivity contribution in [3.05, 3.63) is 70.9 Å². The number of alkyl halides is 2. The van der Waals surface area contributed by atoms with Gasteiger partial charge >= 0.3 is 12.6 Å². The summed E-state index contributed by atoms with van der Waals surface area (Å²) in [5.74, 6) is -0.708. The Morgan fingerprint density at radius 2 is 1.96 bits per heavy atom. The van der Waals surface area contributed by atoms with E-state index < -0.39 is 12.6 Å². The number of nitrogens with zero attached hydrogens (tertiary/aromatic N) is 2. The Hall–Kier alpha value is -3.53. The van der Waals surface area contributed by atoms with Gasteiger partial charge in [0.05, 0.1) is 11.6 Å². The number of aliphatic imine (C=N–C) groups is 1. The van der Waals surface area contributed by atoms with Gasteiger partial charge in [0.25, 0.3) is 0 Å². The highest BCUT2D eigenvalue weighted by molar-refractivity contribution is 6.12. The van der Waals surface area contributed by atoms with E-state index in [1.807, 2.05) is 6.07 Å².